The minimum atomic E-state index is 1.21. The quantitative estimate of drug-likeness (QED) is 0.365. The molecule has 0 aromatic heterocycles. The molecule has 0 radical (unpaired) electrons. The van der Waals surface area contributed by atoms with Crippen LogP contribution in [0.15, 0.2) is 23.7 Å². The van der Waals surface area contributed by atoms with Crippen molar-refractivity contribution in [3.8, 4) is 0 Å². The first-order valence-electron chi connectivity index (χ1n) is 4.61. The summed E-state index contributed by atoms with van der Waals surface area (Å²) < 4.78 is 0. The minimum absolute atomic E-state index is 1.21. The van der Waals surface area contributed by atoms with Crippen molar-refractivity contribution in [1.29, 1.82) is 0 Å². The highest BCUT2D eigenvalue weighted by atomic mass is 14.0. The van der Waals surface area contributed by atoms with Crippen LogP contribution in [-0.2, 0) is 0 Å². The summed E-state index contributed by atoms with van der Waals surface area (Å²) in [5.41, 5.74) is 3.01. The van der Waals surface area contributed by atoms with Crippen molar-refractivity contribution >= 4 is 7.85 Å². The first-order chi connectivity index (χ1) is 5.29. The average Bonchev–Trinajstić information content (AvgIpc) is 2.04. The van der Waals surface area contributed by atoms with Crippen LogP contribution in [0.5, 0.6) is 0 Å². The molecule has 0 heterocycles. The molecule has 0 saturated carbocycles. The number of hydrogen-bond donors (Lipinski definition) is 0. The van der Waals surface area contributed by atoms with Gasteiger partial charge in [0.1, 0.15) is 7.85 Å². The molecule has 0 N–H and O–H groups in total. The Balaban J connectivity index is 2.43. The third-order valence-corrected chi connectivity index (χ3v) is 2.34. The van der Waals surface area contributed by atoms with Crippen molar-refractivity contribution in [2.75, 3.05) is 0 Å². The fourth-order valence-corrected chi connectivity index (χ4v) is 1.53. The molecule has 0 saturated heterocycles. The lowest BCUT2D eigenvalue weighted by Gasteiger charge is -2.00. The molecule has 0 aliphatic heterocycles. The maximum Gasteiger partial charge on any atom is 0.133 e. The van der Waals surface area contributed by atoms with Crippen molar-refractivity contribution < 1.29 is 0 Å². The van der Waals surface area contributed by atoms with Gasteiger partial charge in [0.05, 0.1) is 0 Å². The molecule has 1 aliphatic carbocycles. The Morgan fingerprint density at radius 1 is 1.18 bits per heavy atom. The summed E-state index contributed by atoms with van der Waals surface area (Å²) in [6.45, 7) is 4.05. The van der Waals surface area contributed by atoms with Crippen LogP contribution in [0.25, 0.3) is 0 Å². The molecule has 60 valence electrons. The molecule has 11 heavy (non-hydrogen) atoms. The number of allylic oxidation sites excluding steroid dienone is 3. The minimum Gasteiger partial charge on any atom is -0.114 e. The van der Waals surface area contributed by atoms with Gasteiger partial charge in [-0.3, -0.25) is 0 Å². The Morgan fingerprint density at radius 3 is 2.73 bits per heavy atom. The van der Waals surface area contributed by atoms with Gasteiger partial charge in [0, 0.05) is 0 Å². The zero-order valence-corrected chi connectivity index (χ0v) is 7.53. The summed E-state index contributed by atoms with van der Waals surface area (Å²) >= 11 is 0. The first kappa shape index (κ1) is 8.64. The molecule has 0 spiro atoms. The van der Waals surface area contributed by atoms with Crippen LogP contribution in [0.2, 0.25) is 0 Å². The van der Waals surface area contributed by atoms with E-state index in [4.69, 9.17) is 0 Å². The van der Waals surface area contributed by atoms with Crippen molar-refractivity contribution in [2.45, 2.75) is 38.5 Å². The van der Waals surface area contributed by atoms with E-state index in [1.54, 1.807) is 5.47 Å². The van der Waals surface area contributed by atoms with E-state index >= 15 is 0 Å². The third kappa shape index (κ3) is 3.45. The molecule has 1 heteroatoms. The number of hydrogen-bond acceptors (Lipinski definition) is 0. The zero-order chi connectivity index (χ0) is 8.10. The summed E-state index contributed by atoms with van der Waals surface area (Å²) in [6.07, 6.45) is 10.0. The van der Waals surface area contributed by atoms with E-state index in [-0.39, 0.29) is 0 Å². The van der Waals surface area contributed by atoms with Crippen molar-refractivity contribution in [1.82, 2.24) is 0 Å². The van der Waals surface area contributed by atoms with E-state index in [0.29, 0.717) is 0 Å². The summed E-state index contributed by atoms with van der Waals surface area (Å²) in [7, 11) is 2.24. The van der Waals surface area contributed by atoms with Gasteiger partial charge in [-0.25, -0.2) is 0 Å². The molecule has 0 atom stereocenters. The highest BCUT2D eigenvalue weighted by molar-refractivity contribution is 6.21. The highest BCUT2D eigenvalue weighted by Gasteiger charge is 1.98. The summed E-state index contributed by atoms with van der Waals surface area (Å²) in [6, 6.07) is 0. The Hall–Kier alpha value is -0.455. The third-order valence-electron chi connectivity index (χ3n) is 2.34. The van der Waals surface area contributed by atoms with Gasteiger partial charge in [-0.2, -0.15) is 0 Å². The van der Waals surface area contributed by atoms with E-state index in [0.717, 1.165) is 0 Å². The molecule has 0 aromatic carbocycles. The van der Waals surface area contributed by atoms with Gasteiger partial charge in [-0.15, -0.1) is 5.47 Å². The van der Waals surface area contributed by atoms with Crippen LogP contribution in [0, 0.1) is 0 Å². The SMILES string of the molecule is B/C1=C/CCC(=C)CCCC1. The lowest BCUT2D eigenvalue weighted by molar-refractivity contribution is 0.729. The van der Waals surface area contributed by atoms with Gasteiger partial charge in [-0.1, -0.05) is 24.6 Å². The van der Waals surface area contributed by atoms with Crippen molar-refractivity contribution in [2.24, 2.45) is 0 Å². The largest absolute Gasteiger partial charge is 0.133 e. The molecule has 0 unspecified atom stereocenters. The zero-order valence-electron chi connectivity index (χ0n) is 7.53. The van der Waals surface area contributed by atoms with Gasteiger partial charge < -0.3 is 0 Å². The van der Waals surface area contributed by atoms with E-state index in [1.165, 1.54) is 44.1 Å². The molecule has 0 aromatic rings. The van der Waals surface area contributed by atoms with Crippen LogP contribution in [0.4, 0.5) is 0 Å². The fourth-order valence-electron chi connectivity index (χ4n) is 1.53. The Morgan fingerprint density at radius 2 is 1.91 bits per heavy atom. The first-order valence-corrected chi connectivity index (χ1v) is 4.61. The summed E-state index contributed by atoms with van der Waals surface area (Å²) in [5, 5.41) is 0. The van der Waals surface area contributed by atoms with Gasteiger partial charge in [0.2, 0.25) is 0 Å². The van der Waals surface area contributed by atoms with Crippen molar-refractivity contribution in [3.63, 3.8) is 0 Å². The van der Waals surface area contributed by atoms with E-state index in [2.05, 4.69) is 20.5 Å². The van der Waals surface area contributed by atoms with Crippen LogP contribution in [0.1, 0.15) is 38.5 Å². The fraction of sp³-hybridized carbons (Fsp3) is 0.600. The highest BCUT2D eigenvalue weighted by Crippen LogP contribution is 2.17. The molecule has 1 aliphatic rings. The Labute approximate surface area is 70.8 Å². The number of rotatable bonds is 0. The van der Waals surface area contributed by atoms with Crippen LogP contribution >= 0.6 is 0 Å². The van der Waals surface area contributed by atoms with E-state index in [9.17, 15) is 0 Å². The van der Waals surface area contributed by atoms with Crippen molar-refractivity contribution in [3.05, 3.63) is 23.7 Å². The van der Waals surface area contributed by atoms with E-state index < -0.39 is 0 Å². The molecule has 0 amide bonds. The molecular formula is C10H17B. The second-order valence-electron chi connectivity index (χ2n) is 3.55. The van der Waals surface area contributed by atoms with Crippen LogP contribution in [0.3, 0.4) is 0 Å². The maximum atomic E-state index is 4.05. The molecule has 0 bridgehead atoms. The topological polar surface area (TPSA) is 0 Å². The lowest BCUT2D eigenvalue weighted by Crippen LogP contribution is -1.81. The maximum absolute atomic E-state index is 4.05. The normalized spacial score (nSPS) is 26.2. The Kier molecular flexibility index (Phi) is 3.48. The van der Waals surface area contributed by atoms with Gasteiger partial charge in [-0.05, 0) is 32.1 Å². The smallest absolute Gasteiger partial charge is 0.114 e. The second-order valence-corrected chi connectivity index (χ2v) is 3.55. The second kappa shape index (κ2) is 4.43. The molecule has 0 fully saturated rings. The monoisotopic (exact) mass is 148 g/mol. The predicted octanol–water partition coefficient (Wildman–Crippen LogP) is 2.41. The molecular weight excluding hydrogens is 131 g/mol. The van der Waals surface area contributed by atoms with Gasteiger partial charge in [0.15, 0.2) is 0 Å². The molecule has 0 nitrogen and oxygen atoms in total. The average molecular weight is 148 g/mol. The predicted molar refractivity (Wildman–Crippen MR) is 53.5 cm³/mol. The van der Waals surface area contributed by atoms with Crippen LogP contribution < -0.4 is 0 Å². The van der Waals surface area contributed by atoms with Crippen LogP contribution in [-0.4, -0.2) is 7.85 Å². The lowest BCUT2D eigenvalue weighted by atomic mass is 9.90. The molecule has 1 rings (SSSR count). The summed E-state index contributed by atoms with van der Waals surface area (Å²) in [4.78, 5) is 0. The van der Waals surface area contributed by atoms with Gasteiger partial charge in [0.25, 0.3) is 0 Å². The Bertz CT molecular complexity index is 168. The summed E-state index contributed by atoms with van der Waals surface area (Å²) in [5.74, 6) is 0. The van der Waals surface area contributed by atoms with E-state index in [1.807, 2.05) is 0 Å². The van der Waals surface area contributed by atoms with Gasteiger partial charge >= 0.3 is 0 Å². The standard InChI is InChI=1S/C10H17B/c1-9-5-2-3-7-10(11)8-4-6-9/h8H,1-7,11H2/b10-8+.